The van der Waals surface area contributed by atoms with E-state index in [2.05, 4.69) is 5.32 Å². The van der Waals surface area contributed by atoms with Gasteiger partial charge >= 0.3 is 6.18 Å². The number of rotatable bonds is 4. The first kappa shape index (κ1) is 17.9. The Hall–Kier alpha value is -2.41. The summed E-state index contributed by atoms with van der Waals surface area (Å²) in [7, 11) is 2.84. The summed E-state index contributed by atoms with van der Waals surface area (Å²) < 4.78 is 48.7. The second kappa shape index (κ2) is 7.00. The molecular weight excluding hydrogens is 347 g/mol. The van der Waals surface area contributed by atoms with Crippen LogP contribution in [0.25, 0.3) is 0 Å². The van der Waals surface area contributed by atoms with Gasteiger partial charge < -0.3 is 14.8 Å². The van der Waals surface area contributed by atoms with E-state index in [-0.39, 0.29) is 11.3 Å². The molecule has 0 heterocycles. The lowest BCUT2D eigenvalue weighted by atomic mass is 10.1. The van der Waals surface area contributed by atoms with Gasteiger partial charge in [0.2, 0.25) is 0 Å². The van der Waals surface area contributed by atoms with Gasteiger partial charge in [0.25, 0.3) is 5.91 Å². The fraction of sp³-hybridized carbons (Fsp3) is 0.188. The first-order valence-electron chi connectivity index (χ1n) is 6.65. The Balaban J connectivity index is 2.30. The molecule has 2 rings (SSSR count). The number of halogens is 4. The molecule has 2 aromatic carbocycles. The van der Waals surface area contributed by atoms with Crippen LogP contribution >= 0.6 is 11.6 Å². The van der Waals surface area contributed by atoms with E-state index >= 15 is 0 Å². The van der Waals surface area contributed by atoms with E-state index in [1.165, 1.54) is 32.4 Å². The first-order chi connectivity index (χ1) is 11.2. The largest absolute Gasteiger partial charge is 0.497 e. The summed E-state index contributed by atoms with van der Waals surface area (Å²) in [5.41, 5.74) is -0.876. The quantitative estimate of drug-likeness (QED) is 0.866. The maximum absolute atomic E-state index is 12.9. The highest BCUT2D eigenvalue weighted by Gasteiger charge is 2.33. The number of ether oxygens (including phenoxy) is 2. The van der Waals surface area contributed by atoms with Crippen molar-refractivity contribution >= 4 is 23.2 Å². The number of hydrogen-bond donors (Lipinski definition) is 1. The Kier molecular flexibility index (Phi) is 5.23. The Morgan fingerprint density at radius 1 is 1.04 bits per heavy atom. The van der Waals surface area contributed by atoms with Crippen molar-refractivity contribution in [3.63, 3.8) is 0 Å². The molecular formula is C16H13ClF3NO3. The van der Waals surface area contributed by atoms with Crippen LogP contribution in [0.3, 0.4) is 0 Å². The van der Waals surface area contributed by atoms with Gasteiger partial charge in [0.05, 0.1) is 24.8 Å². The van der Waals surface area contributed by atoms with Crippen molar-refractivity contribution in [2.75, 3.05) is 19.5 Å². The first-order valence-corrected chi connectivity index (χ1v) is 7.03. The summed E-state index contributed by atoms with van der Waals surface area (Å²) in [5, 5.41) is 1.95. The van der Waals surface area contributed by atoms with Crippen LogP contribution in [-0.2, 0) is 6.18 Å². The molecule has 0 aliphatic carbocycles. The topological polar surface area (TPSA) is 47.6 Å². The van der Waals surface area contributed by atoms with Crippen molar-refractivity contribution in [3.05, 3.63) is 52.5 Å². The lowest BCUT2D eigenvalue weighted by Crippen LogP contribution is -2.13. The molecule has 0 fully saturated rings. The third-order valence-corrected chi connectivity index (χ3v) is 3.47. The second-order valence-electron chi connectivity index (χ2n) is 4.75. The number of benzene rings is 2. The van der Waals surface area contributed by atoms with E-state index in [9.17, 15) is 18.0 Å². The third-order valence-electron chi connectivity index (χ3n) is 3.14. The molecule has 2 aromatic rings. The molecule has 1 N–H and O–H groups in total. The summed E-state index contributed by atoms with van der Waals surface area (Å²) in [4.78, 5) is 12.3. The highest BCUT2D eigenvalue weighted by atomic mass is 35.5. The molecule has 0 radical (unpaired) electrons. The molecule has 4 nitrogen and oxygen atoms in total. The Labute approximate surface area is 141 Å². The van der Waals surface area contributed by atoms with Crippen molar-refractivity contribution in [2.45, 2.75) is 6.18 Å². The monoisotopic (exact) mass is 359 g/mol. The van der Waals surface area contributed by atoms with Crippen LogP contribution < -0.4 is 14.8 Å². The van der Waals surface area contributed by atoms with Crippen molar-refractivity contribution < 1.29 is 27.4 Å². The van der Waals surface area contributed by atoms with Gasteiger partial charge in [0, 0.05) is 17.3 Å². The normalized spacial score (nSPS) is 11.1. The predicted octanol–water partition coefficient (Wildman–Crippen LogP) is 4.63. The van der Waals surface area contributed by atoms with E-state index in [0.717, 1.165) is 12.1 Å². The molecule has 0 aromatic heterocycles. The molecule has 0 saturated heterocycles. The van der Waals surface area contributed by atoms with Gasteiger partial charge in [-0.3, -0.25) is 4.79 Å². The van der Waals surface area contributed by atoms with Gasteiger partial charge in [-0.25, -0.2) is 0 Å². The van der Waals surface area contributed by atoms with Gasteiger partial charge in [0.1, 0.15) is 11.5 Å². The van der Waals surface area contributed by atoms with Crippen molar-refractivity contribution in [1.29, 1.82) is 0 Å². The van der Waals surface area contributed by atoms with Crippen LogP contribution in [0.5, 0.6) is 11.5 Å². The van der Waals surface area contributed by atoms with Crippen LogP contribution in [0.1, 0.15) is 15.9 Å². The minimum absolute atomic E-state index is 0.0292. The smallest absolute Gasteiger partial charge is 0.417 e. The van der Waals surface area contributed by atoms with Crippen molar-refractivity contribution in [3.8, 4) is 11.5 Å². The summed E-state index contributed by atoms with van der Waals surface area (Å²) in [6.07, 6.45) is -4.61. The van der Waals surface area contributed by atoms with E-state index in [1.807, 2.05) is 0 Å². The van der Waals surface area contributed by atoms with Crippen molar-refractivity contribution in [1.82, 2.24) is 0 Å². The number of carbonyl (C=O) groups excluding carboxylic acids is 1. The van der Waals surface area contributed by atoms with E-state index < -0.39 is 22.7 Å². The zero-order valence-corrected chi connectivity index (χ0v) is 13.5. The number of alkyl halides is 3. The molecule has 8 heteroatoms. The van der Waals surface area contributed by atoms with Crippen LogP contribution in [0, 0.1) is 0 Å². The SMILES string of the molecule is COc1cc(OC)cc(C(=O)Nc2ccc(Cl)c(C(F)(F)F)c2)c1. The van der Waals surface area contributed by atoms with Crippen LogP contribution in [0.15, 0.2) is 36.4 Å². The minimum Gasteiger partial charge on any atom is -0.497 e. The Morgan fingerprint density at radius 3 is 2.12 bits per heavy atom. The van der Waals surface area contributed by atoms with Crippen LogP contribution in [0.4, 0.5) is 18.9 Å². The van der Waals surface area contributed by atoms with Gasteiger partial charge in [-0.15, -0.1) is 0 Å². The molecule has 0 spiro atoms. The summed E-state index contributed by atoms with van der Waals surface area (Å²) in [6, 6.07) is 7.59. The van der Waals surface area contributed by atoms with Gasteiger partial charge in [0.15, 0.2) is 0 Å². The zero-order chi connectivity index (χ0) is 17.9. The highest BCUT2D eigenvalue weighted by Crippen LogP contribution is 2.36. The van der Waals surface area contributed by atoms with Crippen LogP contribution in [0.2, 0.25) is 5.02 Å². The molecule has 0 saturated carbocycles. The summed E-state index contributed by atoms with van der Waals surface area (Å²) in [5.74, 6) is 0.154. The van der Waals surface area contributed by atoms with Gasteiger partial charge in [-0.1, -0.05) is 11.6 Å². The molecule has 0 atom stereocenters. The molecule has 1 amide bonds. The average Bonchev–Trinajstić information content (AvgIpc) is 2.54. The molecule has 128 valence electrons. The summed E-state index contributed by atoms with van der Waals surface area (Å²) >= 11 is 5.55. The van der Waals surface area contributed by atoms with Gasteiger partial charge in [-0.2, -0.15) is 13.2 Å². The maximum Gasteiger partial charge on any atom is 0.417 e. The number of hydrogen-bond acceptors (Lipinski definition) is 3. The Bertz CT molecular complexity index is 740. The lowest BCUT2D eigenvalue weighted by molar-refractivity contribution is -0.137. The predicted molar refractivity (Wildman–Crippen MR) is 84.0 cm³/mol. The average molecular weight is 360 g/mol. The molecule has 24 heavy (non-hydrogen) atoms. The van der Waals surface area contributed by atoms with E-state index in [4.69, 9.17) is 21.1 Å². The van der Waals surface area contributed by atoms with Gasteiger partial charge in [-0.05, 0) is 30.3 Å². The molecule has 0 unspecified atom stereocenters. The molecule has 0 bridgehead atoms. The maximum atomic E-state index is 12.9. The fourth-order valence-electron chi connectivity index (χ4n) is 1.96. The number of nitrogens with one attached hydrogen (secondary N) is 1. The fourth-order valence-corrected chi connectivity index (χ4v) is 2.19. The van der Waals surface area contributed by atoms with E-state index in [1.54, 1.807) is 6.07 Å². The Morgan fingerprint density at radius 2 is 1.62 bits per heavy atom. The number of amides is 1. The third kappa shape index (κ3) is 4.11. The molecule has 0 aliphatic rings. The zero-order valence-electron chi connectivity index (χ0n) is 12.7. The number of carbonyl (C=O) groups is 1. The standard InChI is InChI=1S/C16H13ClF3NO3/c1-23-11-5-9(6-12(8-11)24-2)15(22)21-10-3-4-14(17)13(7-10)16(18,19)20/h3-8H,1-2H3,(H,21,22). The lowest BCUT2D eigenvalue weighted by Gasteiger charge is -2.12. The number of methoxy groups -OCH3 is 2. The number of anilines is 1. The summed E-state index contributed by atoms with van der Waals surface area (Å²) in [6.45, 7) is 0. The van der Waals surface area contributed by atoms with Crippen LogP contribution in [-0.4, -0.2) is 20.1 Å². The molecule has 0 aliphatic heterocycles. The minimum atomic E-state index is -4.61. The van der Waals surface area contributed by atoms with Crippen molar-refractivity contribution in [2.24, 2.45) is 0 Å². The second-order valence-corrected chi connectivity index (χ2v) is 5.16. The van der Waals surface area contributed by atoms with E-state index in [0.29, 0.717) is 11.5 Å². The highest BCUT2D eigenvalue weighted by molar-refractivity contribution is 6.31.